The normalized spacial score (nSPS) is 46.6. The molecule has 0 aromatic heterocycles. The topological polar surface area (TPSA) is 18.5 Å². The van der Waals surface area contributed by atoms with Crippen molar-refractivity contribution in [2.75, 3.05) is 14.2 Å². The van der Waals surface area contributed by atoms with Crippen LogP contribution in [0.15, 0.2) is 34.3 Å². The summed E-state index contributed by atoms with van der Waals surface area (Å²) in [4.78, 5) is -2.15. The van der Waals surface area contributed by atoms with Crippen LogP contribution in [0.5, 0.6) is 0 Å². The summed E-state index contributed by atoms with van der Waals surface area (Å²) < 4.78 is 11.7. The van der Waals surface area contributed by atoms with Crippen molar-refractivity contribution < 1.29 is 9.47 Å². The Labute approximate surface area is 161 Å². The molecule has 128 valence electrons. The largest absolute Gasteiger partial charge is 0.350 e. The molecule has 0 heterocycles. The maximum Gasteiger partial charge on any atom is 0.217 e. The number of rotatable bonds is 2. The van der Waals surface area contributed by atoms with E-state index in [1.807, 2.05) is 0 Å². The molecule has 24 heavy (non-hydrogen) atoms. The summed E-state index contributed by atoms with van der Waals surface area (Å²) in [7, 11) is 3.13. The molecule has 4 aliphatic rings. The highest BCUT2D eigenvalue weighted by molar-refractivity contribution is 6.52. The Bertz CT molecular complexity index is 730. The van der Waals surface area contributed by atoms with Crippen molar-refractivity contribution >= 4 is 46.4 Å². The minimum Gasteiger partial charge on any atom is -0.350 e. The van der Waals surface area contributed by atoms with Crippen molar-refractivity contribution in [3.05, 3.63) is 45.5 Å². The third kappa shape index (κ3) is 1.29. The van der Waals surface area contributed by atoms with E-state index in [-0.39, 0.29) is 23.7 Å². The molecule has 4 aliphatic carbocycles. The Kier molecular flexibility index (Phi) is 3.15. The van der Waals surface area contributed by atoms with Crippen LogP contribution < -0.4 is 0 Å². The van der Waals surface area contributed by atoms with Gasteiger partial charge in [0.2, 0.25) is 5.79 Å². The van der Waals surface area contributed by atoms with Gasteiger partial charge in [-0.05, 0) is 29.4 Å². The highest BCUT2D eigenvalue weighted by Gasteiger charge is 2.88. The van der Waals surface area contributed by atoms with Crippen LogP contribution in [-0.2, 0) is 9.47 Å². The van der Waals surface area contributed by atoms with E-state index < -0.39 is 15.5 Å². The van der Waals surface area contributed by atoms with Gasteiger partial charge in [-0.3, -0.25) is 0 Å². The lowest BCUT2D eigenvalue weighted by Crippen LogP contribution is -2.58. The molecule has 0 spiro atoms. The van der Waals surface area contributed by atoms with E-state index in [1.54, 1.807) is 14.2 Å². The van der Waals surface area contributed by atoms with Gasteiger partial charge in [0.25, 0.3) is 0 Å². The third-order valence-corrected chi connectivity index (χ3v) is 9.48. The lowest BCUT2D eigenvalue weighted by Gasteiger charge is -2.42. The van der Waals surface area contributed by atoms with E-state index in [0.717, 1.165) is 6.42 Å². The van der Waals surface area contributed by atoms with Crippen LogP contribution in [0.25, 0.3) is 0 Å². The smallest absolute Gasteiger partial charge is 0.217 e. The van der Waals surface area contributed by atoms with Gasteiger partial charge >= 0.3 is 0 Å². The highest BCUT2D eigenvalue weighted by atomic mass is 35.5. The van der Waals surface area contributed by atoms with Crippen LogP contribution in [0.4, 0.5) is 0 Å². The second-order valence-corrected chi connectivity index (χ2v) is 9.15. The van der Waals surface area contributed by atoms with Crippen LogP contribution in [0, 0.1) is 11.8 Å². The number of halogens is 4. The number of benzene rings is 1. The zero-order valence-electron chi connectivity index (χ0n) is 13.2. The van der Waals surface area contributed by atoms with Gasteiger partial charge < -0.3 is 9.47 Å². The maximum absolute atomic E-state index is 7.21. The molecule has 2 fully saturated rings. The molecule has 0 N–H and O–H groups in total. The summed E-state index contributed by atoms with van der Waals surface area (Å²) in [5.74, 6) is -0.626. The molecule has 4 bridgehead atoms. The maximum atomic E-state index is 7.21. The number of ether oxygens (including phenoxy) is 2. The summed E-state index contributed by atoms with van der Waals surface area (Å²) in [6.45, 7) is 0. The third-order valence-electron chi connectivity index (χ3n) is 6.84. The summed E-state index contributed by atoms with van der Waals surface area (Å²) >= 11 is 27.7. The number of fused-ring (bicyclic) bond motifs is 12. The quantitative estimate of drug-likeness (QED) is 0.384. The molecule has 6 atom stereocenters. The summed E-state index contributed by atoms with van der Waals surface area (Å²) in [6, 6.07) is 8.51. The zero-order chi connectivity index (χ0) is 17.1. The van der Waals surface area contributed by atoms with Gasteiger partial charge in [-0.1, -0.05) is 47.5 Å². The molecule has 1 aromatic rings. The fourth-order valence-corrected chi connectivity index (χ4v) is 8.54. The van der Waals surface area contributed by atoms with Crippen LogP contribution in [0.1, 0.15) is 29.4 Å². The molecular weight excluding hydrogens is 390 g/mol. The predicted octanol–water partition coefficient (Wildman–Crippen LogP) is 5.16. The molecule has 2 nitrogen and oxygen atoms in total. The average molecular weight is 406 g/mol. The van der Waals surface area contributed by atoms with Gasteiger partial charge in [0.1, 0.15) is 9.75 Å². The van der Waals surface area contributed by atoms with Crippen molar-refractivity contribution in [2.45, 2.75) is 33.8 Å². The SMILES string of the molecule is COC1(OC)[C@@]2(Cl)C(Cl)=C(Cl)[C@@]1(Cl)[C@H]1[C@@H]2[C@H]2C[C@H]1c1ccccc12. The molecule has 0 radical (unpaired) electrons. The van der Waals surface area contributed by atoms with Gasteiger partial charge in [-0.15, -0.1) is 23.2 Å². The van der Waals surface area contributed by atoms with Crippen molar-refractivity contribution in [1.82, 2.24) is 0 Å². The first-order valence-corrected chi connectivity index (χ1v) is 9.54. The second kappa shape index (κ2) is 4.65. The van der Waals surface area contributed by atoms with Crippen molar-refractivity contribution in [2.24, 2.45) is 11.8 Å². The Balaban J connectivity index is 1.81. The molecule has 6 heteroatoms. The highest BCUT2D eigenvalue weighted by Crippen LogP contribution is 2.82. The number of methoxy groups -OCH3 is 2. The Morgan fingerprint density at radius 2 is 1.29 bits per heavy atom. The molecule has 5 rings (SSSR count). The number of hydrogen-bond acceptors (Lipinski definition) is 2. The Morgan fingerprint density at radius 1 is 0.875 bits per heavy atom. The monoisotopic (exact) mass is 404 g/mol. The molecule has 0 unspecified atom stereocenters. The molecule has 1 aromatic carbocycles. The van der Waals surface area contributed by atoms with Gasteiger partial charge in [-0.2, -0.15) is 0 Å². The second-order valence-electron chi connectivity index (χ2n) is 7.21. The lowest BCUT2D eigenvalue weighted by atomic mass is 9.70. The van der Waals surface area contributed by atoms with Gasteiger partial charge in [0.05, 0.1) is 10.1 Å². The fraction of sp³-hybridized carbons (Fsp3) is 0.556. The van der Waals surface area contributed by atoms with Crippen molar-refractivity contribution in [1.29, 1.82) is 0 Å². The zero-order valence-corrected chi connectivity index (χ0v) is 16.2. The predicted molar refractivity (Wildman–Crippen MR) is 96.2 cm³/mol. The minimum absolute atomic E-state index is 0.0338. The standard InChI is InChI=1S/C18H16Cl4O2/c1-23-18(24-2)16(21)12-10-7-11(9-6-4-3-5-8(9)10)13(12)17(18,22)15(20)14(16)19/h3-6,10-13H,7H2,1-2H3/t10-,11-,12-,13+,16-,17-/m0/s1. The van der Waals surface area contributed by atoms with Gasteiger partial charge in [0.15, 0.2) is 0 Å². The minimum atomic E-state index is -1.27. The summed E-state index contributed by atoms with van der Waals surface area (Å²) in [5, 5.41) is 0.742. The Morgan fingerprint density at radius 3 is 1.67 bits per heavy atom. The van der Waals surface area contributed by atoms with Crippen LogP contribution >= 0.6 is 46.4 Å². The number of hydrogen-bond donors (Lipinski definition) is 0. The Hall–Kier alpha value is 0.0400. The first kappa shape index (κ1) is 16.2. The molecule has 0 aliphatic heterocycles. The fourth-order valence-electron chi connectivity index (χ4n) is 6.23. The van der Waals surface area contributed by atoms with Gasteiger partial charge in [0, 0.05) is 26.1 Å². The average Bonchev–Trinajstić information content (AvgIpc) is 3.24. The van der Waals surface area contributed by atoms with Crippen molar-refractivity contribution in [3.8, 4) is 0 Å². The van der Waals surface area contributed by atoms with Crippen LogP contribution in [-0.4, -0.2) is 29.8 Å². The first-order valence-electron chi connectivity index (χ1n) is 8.03. The molecule has 2 saturated carbocycles. The van der Waals surface area contributed by atoms with E-state index in [1.165, 1.54) is 11.1 Å². The lowest BCUT2D eigenvalue weighted by molar-refractivity contribution is -0.221. The van der Waals surface area contributed by atoms with Crippen molar-refractivity contribution in [3.63, 3.8) is 0 Å². The first-order chi connectivity index (χ1) is 11.4. The molecule has 0 amide bonds. The molecule has 0 saturated heterocycles. The van der Waals surface area contributed by atoms with E-state index in [2.05, 4.69) is 24.3 Å². The summed E-state index contributed by atoms with van der Waals surface area (Å²) in [6.07, 6.45) is 1.02. The summed E-state index contributed by atoms with van der Waals surface area (Å²) in [5.41, 5.74) is 2.69. The van der Waals surface area contributed by atoms with E-state index >= 15 is 0 Å². The van der Waals surface area contributed by atoms with Crippen LogP contribution in [0.3, 0.4) is 0 Å². The number of alkyl halides is 2. The van der Waals surface area contributed by atoms with E-state index in [0.29, 0.717) is 10.1 Å². The van der Waals surface area contributed by atoms with E-state index in [4.69, 9.17) is 55.9 Å². The van der Waals surface area contributed by atoms with Gasteiger partial charge in [-0.25, -0.2) is 0 Å². The van der Waals surface area contributed by atoms with Crippen LogP contribution in [0.2, 0.25) is 0 Å². The van der Waals surface area contributed by atoms with E-state index in [9.17, 15) is 0 Å². The molecular formula is C18H16Cl4O2.